The molecule has 4 heterocycles. The Labute approximate surface area is 309 Å². The summed E-state index contributed by atoms with van der Waals surface area (Å²) in [7, 11) is 11.4. The first-order valence-electron chi connectivity index (χ1n) is 16.9. The fraction of sp³-hybridized carbons (Fsp3) is 0.933. The SMILES string of the molecule is C=CCCCOC1OC(COC2OC(COC3OC(CO[C@@H]4OC(COP)[C@H](OP)[C@H](OP)C4C)C(P=O)C3C)C(OP)C2C)C(OP)C1C. The van der Waals surface area contributed by atoms with E-state index in [2.05, 4.69) is 53.9 Å². The summed E-state index contributed by atoms with van der Waals surface area (Å²) in [5.74, 6) is -0.466. The van der Waals surface area contributed by atoms with E-state index < -0.39 is 37.2 Å². The molecule has 19 unspecified atom stereocenters. The molecule has 4 rings (SSSR count). The highest BCUT2D eigenvalue weighted by atomic mass is 31.1. The lowest BCUT2D eigenvalue weighted by atomic mass is 9.92. The monoisotopic (exact) mass is 826 g/mol. The largest absolute Gasteiger partial charge is 0.363 e. The van der Waals surface area contributed by atoms with Gasteiger partial charge in [0, 0.05) is 71.0 Å². The van der Waals surface area contributed by atoms with Crippen molar-refractivity contribution in [2.75, 3.05) is 33.0 Å². The number of rotatable bonds is 21. The fourth-order valence-electron chi connectivity index (χ4n) is 7.00. The first kappa shape index (κ1) is 44.2. The van der Waals surface area contributed by atoms with Gasteiger partial charge in [0.2, 0.25) is 0 Å². The van der Waals surface area contributed by atoms with Crippen LogP contribution >= 0.6 is 55.8 Å². The smallest absolute Gasteiger partial charge is 0.163 e. The van der Waals surface area contributed by atoms with E-state index in [1.165, 1.54) is 0 Å². The first-order valence-corrected chi connectivity index (χ1v) is 20.2. The maximum Gasteiger partial charge on any atom is 0.163 e. The molecule has 4 aliphatic heterocycles. The van der Waals surface area contributed by atoms with Gasteiger partial charge < -0.3 is 60.5 Å². The molecule has 0 radical (unpaired) electrons. The molecule has 290 valence electrons. The molecule has 0 spiro atoms. The standard InChI is InChI=1S/C30H56O14P6/c1-6-7-8-9-32-27-14(2)22(41-46)18(37-27)10-33-28-15(3)23(42-47)19(38-28)11-34-30-17(5)26(50-31)21(40-30)12-35-29-16(4)24(43-48)25(44-49)20(39-29)13-36-45/h6,14-30H,1,7-13,45-49H2,2-5H3/t14?,15?,16?,17?,18?,19?,20?,21?,22?,23?,24-,25+,26?,27?,28?,29-,30?/m1/s1. The van der Waals surface area contributed by atoms with Crippen molar-refractivity contribution in [3.05, 3.63) is 12.7 Å². The molecule has 4 aliphatic rings. The summed E-state index contributed by atoms with van der Waals surface area (Å²) in [5.41, 5.74) is -0.356. The lowest BCUT2D eigenvalue weighted by Crippen LogP contribution is -2.56. The molecule has 0 aromatic carbocycles. The lowest BCUT2D eigenvalue weighted by molar-refractivity contribution is -0.277. The summed E-state index contributed by atoms with van der Waals surface area (Å²) in [6, 6.07) is 0. The number of ether oxygens (including phenoxy) is 8. The van der Waals surface area contributed by atoms with Gasteiger partial charge in [-0.15, -0.1) is 6.58 Å². The second-order valence-electron chi connectivity index (χ2n) is 13.2. The molecule has 0 bridgehead atoms. The lowest BCUT2D eigenvalue weighted by Gasteiger charge is -2.44. The highest BCUT2D eigenvalue weighted by Gasteiger charge is 2.50. The number of hydrogen-bond donors (Lipinski definition) is 0. The second-order valence-corrected chi connectivity index (χ2v) is 15.5. The van der Waals surface area contributed by atoms with E-state index in [0.717, 1.165) is 12.8 Å². The first-order chi connectivity index (χ1) is 24.2. The van der Waals surface area contributed by atoms with Crippen molar-refractivity contribution in [1.82, 2.24) is 0 Å². The van der Waals surface area contributed by atoms with Crippen molar-refractivity contribution in [2.24, 2.45) is 23.7 Å². The van der Waals surface area contributed by atoms with E-state index in [1.807, 2.05) is 33.8 Å². The Morgan fingerprint density at radius 1 is 0.580 bits per heavy atom. The average Bonchev–Trinajstić information content (AvgIpc) is 3.71. The normalized spacial score (nSPS) is 43.6. The van der Waals surface area contributed by atoms with Crippen molar-refractivity contribution in [3.63, 3.8) is 0 Å². The number of allylic oxidation sites excluding steroid dienone is 1. The van der Waals surface area contributed by atoms with Crippen LogP contribution in [0.25, 0.3) is 0 Å². The van der Waals surface area contributed by atoms with Gasteiger partial charge in [0.15, 0.2) is 33.6 Å². The Kier molecular flexibility index (Phi) is 19.7. The average molecular weight is 827 g/mol. The molecule has 0 aromatic rings. The summed E-state index contributed by atoms with van der Waals surface area (Å²) >= 11 is 0. The van der Waals surface area contributed by atoms with Crippen molar-refractivity contribution in [3.8, 4) is 0 Å². The molecule has 0 saturated carbocycles. The van der Waals surface area contributed by atoms with Crippen molar-refractivity contribution >= 4 is 55.8 Å². The van der Waals surface area contributed by atoms with Gasteiger partial charge >= 0.3 is 0 Å². The van der Waals surface area contributed by atoms with E-state index in [1.54, 1.807) is 0 Å². The van der Waals surface area contributed by atoms with Crippen LogP contribution in [-0.2, 0) is 65.1 Å². The zero-order valence-corrected chi connectivity index (χ0v) is 35.8. The van der Waals surface area contributed by atoms with Gasteiger partial charge in [0.05, 0.1) is 63.1 Å². The van der Waals surface area contributed by atoms with Crippen LogP contribution < -0.4 is 0 Å². The molecular formula is C30H56O14P6. The zero-order chi connectivity index (χ0) is 36.4. The van der Waals surface area contributed by atoms with Gasteiger partial charge in [-0.05, 0) is 12.8 Å². The van der Waals surface area contributed by atoms with Crippen LogP contribution in [0.4, 0.5) is 0 Å². The van der Waals surface area contributed by atoms with E-state index >= 15 is 0 Å². The summed E-state index contributed by atoms with van der Waals surface area (Å²) in [6.07, 6.45) is -1.57. The molecule has 0 N–H and O–H groups in total. The number of hydrogen-bond acceptors (Lipinski definition) is 14. The summed E-state index contributed by atoms with van der Waals surface area (Å²) in [5, 5.41) is 0. The van der Waals surface area contributed by atoms with E-state index in [-0.39, 0.29) is 101 Å². The topological polar surface area (TPSA) is 137 Å². The number of unbranched alkanes of at least 4 members (excludes halogenated alkanes) is 1. The minimum Gasteiger partial charge on any atom is -0.363 e. The van der Waals surface area contributed by atoms with Crippen LogP contribution in [0.1, 0.15) is 40.5 Å². The third-order valence-electron chi connectivity index (χ3n) is 9.97. The summed E-state index contributed by atoms with van der Waals surface area (Å²) in [4.78, 5) is 0. The molecule has 50 heavy (non-hydrogen) atoms. The Bertz CT molecular complexity index is 1030. The Hall–Kier alpha value is 1.47. The van der Waals surface area contributed by atoms with E-state index in [9.17, 15) is 4.57 Å². The van der Waals surface area contributed by atoms with Crippen LogP contribution in [0.2, 0.25) is 0 Å². The third kappa shape index (κ3) is 10.9. The predicted molar refractivity (Wildman–Crippen MR) is 200 cm³/mol. The predicted octanol–water partition coefficient (Wildman–Crippen LogP) is 4.63. The van der Waals surface area contributed by atoms with Crippen LogP contribution in [-0.4, -0.2) is 113 Å². The molecule has 14 nitrogen and oxygen atoms in total. The Morgan fingerprint density at radius 3 is 1.46 bits per heavy atom. The minimum atomic E-state index is -0.642. The van der Waals surface area contributed by atoms with Crippen LogP contribution in [0, 0.1) is 23.7 Å². The van der Waals surface area contributed by atoms with Crippen molar-refractivity contribution in [2.45, 2.75) is 120 Å². The molecule has 0 aromatic heterocycles. The highest BCUT2D eigenvalue weighted by Crippen LogP contribution is 2.40. The van der Waals surface area contributed by atoms with Crippen LogP contribution in [0.5, 0.6) is 0 Å². The van der Waals surface area contributed by atoms with Crippen LogP contribution in [0.15, 0.2) is 12.7 Å². The minimum absolute atomic E-state index is 0.0184. The third-order valence-corrected chi connectivity index (χ3v) is 12.5. The molecule has 0 aliphatic carbocycles. The zero-order valence-electron chi connectivity index (χ0n) is 29.1. The van der Waals surface area contributed by atoms with Gasteiger partial charge in [-0.1, -0.05) is 33.8 Å². The molecule has 4 saturated heterocycles. The highest BCUT2D eigenvalue weighted by molar-refractivity contribution is 7.24. The summed E-state index contributed by atoms with van der Waals surface area (Å²) < 4.78 is 89.9. The Morgan fingerprint density at radius 2 is 1.00 bits per heavy atom. The van der Waals surface area contributed by atoms with Crippen molar-refractivity contribution < 1.29 is 65.1 Å². The van der Waals surface area contributed by atoms with E-state index in [4.69, 9.17) is 60.5 Å². The second kappa shape index (κ2) is 22.3. The van der Waals surface area contributed by atoms with Gasteiger partial charge in [0.25, 0.3) is 0 Å². The Balaban J connectivity index is 1.28. The van der Waals surface area contributed by atoms with Gasteiger partial charge in [-0.3, -0.25) is 4.57 Å². The fourth-order valence-corrected chi connectivity index (χ4v) is 9.39. The molecule has 0 amide bonds. The molecule has 4 fully saturated rings. The van der Waals surface area contributed by atoms with Crippen molar-refractivity contribution in [1.29, 1.82) is 0 Å². The van der Waals surface area contributed by atoms with Gasteiger partial charge in [-0.25, -0.2) is 0 Å². The van der Waals surface area contributed by atoms with E-state index in [0.29, 0.717) is 6.61 Å². The van der Waals surface area contributed by atoms with Crippen LogP contribution in [0.3, 0.4) is 0 Å². The van der Waals surface area contributed by atoms with Gasteiger partial charge in [0.1, 0.15) is 24.4 Å². The summed E-state index contributed by atoms with van der Waals surface area (Å²) in [6.45, 7) is 13.1. The molecule has 22 atom stereocenters. The van der Waals surface area contributed by atoms with Gasteiger partial charge in [-0.2, -0.15) is 0 Å². The quantitative estimate of drug-likeness (QED) is 0.0904. The maximum absolute atomic E-state index is 12.3. The maximum atomic E-state index is 12.3. The molecular weight excluding hydrogens is 770 g/mol. The molecule has 20 heteroatoms.